The Labute approximate surface area is 185 Å². The number of benzene rings is 2. The van der Waals surface area contributed by atoms with Gasteiger partial charge >= 0.3 is 6.03 Å². The first-order chi connectivity index (χ1) is 15.0. The zero-order valence-electron chi connectivity index (χ0n) is 17.1. The van der Waals surface area contributed by atoms with Crippen molar-refractivity contribution in [1.29, 1.82) is 0 Å². The molecule has 158 valence electrons. The Kier molecular flexibility index (Phi) is 6.04. The number of allylic oxidation sites excluding steroid dienone is 1. The van der Waals surface area contributed by atoms with Crippen LogP contribution in [-0.2, 0) is 0 Å². The third-order valence-corrected chi connectivity index (χ3v) is 5.19. The van der Waals surface area contributed by atoms with E-state index in [0.29, 0.717) is 22.4 Å². The fourth-order valence-corrected chi connectivity index (χ4v) is 3.34. The molecule has 8 heteroatoms. The summed E-state index contributed by atoms with van der Waals surface area (Å²) in [5.74, 6) is 0.802. The lowest BCUT2D eigenvalue weighted by atomic mass is 9.97. The molecule has 4 rings (SSSR count). The van der Waals surface area contributed by atoms with Crippen LogP contribution in [0.3, 0.4) is 0 Å². The molecule has 1 aliphatic heterocycles. The molecule has 31 heavy (non-hydrogen) atoms. The standard InChI is InChI=1S/C23H22ClN5O2/c1-14-5-8-18(28-22(30)27-17-9-6-16(24)7-10-17)12-20(14)29-23-26-13-21(31-23)19-4-3-11-25-15(19)2/h3-13,15,19H,1-2H3,(H,26,29)(H2,27,28,30). The van der Waals surface area contributed by atoms with Gasteiger partial charge in [0.05, 0.1) is 18.2 Å². The molecule has 1 aromatic heterocycles. The van der Waals surface area contributed by atoms with Crippen LogP contribution in [0, 0.1) is 6.92 Å². The normalized spacial score (nSPS) is 17.4. The zero-order valence-corrected chi connectivity index (χ0v) is 17.9. The number of anilines is 4. The van der Waals surface area contributed by atoms with Gasteiger partial charge in [-0.05, 0) is 61.9 Å². The molecule has 2 atom stereocenters. The van der Waals surface area contributed by atoms with E-state index in [4.69, 9.17) is 16.0 Å². The van der Waals surface area contributed by atoms with Gasteiger partial charge in [-0.25, -0.2) is 9.78 Å². The molecule has 0 spiro atoms. The first-order valence-electron chi connectivity index (χ1n) is 9.85. The molecule has 3 N–H and O–H groups in total. The van der Waals surface area contributed by atoms with E-state index in [1.165, 1.54) is 0 Å². The number of hydrogen-bond donors (Lipinski definition) is 3. The number of aromatic nitrogens is 1. The Balaban J connectivity index is 1.43. The third-order valence-electron chi connectivity index (χ3n) is 4.94. The number of rotatable bonds is 5. The summed E-state index contributed by atoms with van der Waals surface area (Å²) in [5, 5.41) is 9.39. The lowest BCUT2D eigenvalue weighted by Gasteiger charge is -2.16. The number of aryl methyl sites for hydroxylation is 1. The molecule has 0 saturated carbocycles. The van der Waals surface area contributed by atoms with Gasteiger partial charge in [0.15, 0.2) is 0 Å². The van der Waals surface area contributed by atoms with Crippen LogP contribution >= 0.6 is 11.6 Å². The summed E-state index contributed by atoms with van der Waals surface area (Å²) in [6.45, 7) is 4.00. The number of hydrogen-bond acceptors (Lipinski definition) is 5. The SMILES string of the molecule is Cc1ccc(NC(=O)Nc2ccc(Cl)cc2)cc1Nc1ncc(C2C=CC=NC2C)o1. The van der Waals surface area contributed by atoms with Crippen LogP contribution in [0.15, 0.2) is 70.2 Å². The minimum atomic E-state index is -0.353. The van der Waals surface area contributed by atoms with Crippen LogP contribution < -0.4 is 16.0 Å². The highest BCUT2D eigenvalue weighted by atomic mass is 35.5. The monoisotopic (exact) mass is 435 g/mol. The van der Waals surface area contributed by atoms with Gasteiger partial charge in [-0.2, -0.15) is 0 Å². The quantitative estimate of drug-likeness (QED) is 0.449. The minimum absolute atomic E-state index is 0.0544. The maximum absolute atomic E-state index is 12.3. The predicted octanol–water partition coefficient (Wildman–Crippen LogP) is 6.14. The average Bonchev–Trinajstić information content (AvgIpc) is 3.21. The first-order valence-corrected chi connectivity index (χ1v) is 10.2. The molecule has 0 bridgehead atoms. The summed E-state index contributed by atoms with van der Waals surface area (Å²) in [4.78, 5) is 21.0. The number of urea groups is 1. The van der Waals surface area contributed by atoms with Crippen LogP contribution in [-0.4, -0.2) is 23.3 Å². The molecule has 2 aromatic carbocycles. The van der Waals surface area contributed by atoms with Gasteiger partial charge in [-0.3, -0.25) is 4.99 Å². The molecular formula is C23H22ClN5O2. The Morgan fingerprint density at radius 2 is 1.84 bits per heavy atom. The van der Waals surface area contributed by atoms with Crippen molar-refractivity contribution >= 4 is 46.9 Å². The van der Waals surface area contributed by atoms with E-state index in [0.717, 1.165) is 17.0 Å². The largest absolute Gasteiger partial charge is 0.428 e. The van der Waals surface area contributed by atoms with Crippen LogP contribution in [0.2, 0.25) is 5.02 Å². The zero-order chi connectivity index (χ0) is 21.8. The van der Waals surface area contributed by atoms with Crippen molar-refractivity contribution < 1.29 is 9.21 Å². The van der Waals surface area contributed by atoms with Gasteiger partial charge in [0, 0.05) is 28.3 Å². The van der Waals surface area contributed by atoms with Crippen molar-refractivity contribution in [3.63, 3.8) is 0 Å². The molecule has 2 amide bonds. The topological polar surface area (TPSA) is 91.6 Å². The second-order valence-electron chi connectivity index (χ2n) is 7.26. The maximum atomic E-state index is 12.3. The number of aliphatic imine (C=N–C) groups is 1. The fourth-order valence-electron chi connectivity index (χ4n) is 3.22. The van der Waals surface area contributed by atoms with Crippen LogP contribution in [0.25, 0.3) is 0 Å². The molecule has 2 heterocycles. The number of nitrogens with one attached hydrogen (secondary N) is 3. The lowest BCUT2D eigenvalue weighted by Crippen LogP contribution is -2.19. The van der Waals surface area contributed by atoms with Gasteiger partial charge < -0.3 is 20.4 Å². The highest BCUT2D eigenvalue weighted by Gasteiger charge is 2.21. The van der Waals surface area contributed by atoms with E-state index in [9.17, 15) is 4.79 Å². The average molecular weight is 436 g/mol. The molecule has 2 unspecified atom stereocenters. The summed E-state index contributed by atoms with van der Waals surface area (Å²) in [6, 6.07) is 12.6. The van der Waals surface area contributed by atoms with Crippen LogP contribution in [0.5, 0.6) is 0 Å². The molecule has 0 saturated heterocycles. The number of nitrogens with zero attached hydrogens (tertiary/aromatic N) is 2. The highest BCUT2D eigenvalue weighted by molar-refractivity contribution is 6.30. The van der Waals surface area contributed by atoms with Crippen molar-refractivity contribution in [2.75, 3.05) is 16.0 Å². The summed E-state index contributed by atoms with van der Waals surface area (Å²) >= 11 is 5.87. The van der Waals surface area contributed by atoms with Crippen molar-refractivity contribution in [2.24, 2.45) is 4.99 Å². The lowest BCUT2D eigenvalue weighted by molar-refractivity contribution is 0.262. The smallest absolute Gasteiger partial charge is 0.323 e. The number of carbonyl (C=O) groups excluding carboxylic acids is 1. The van der Waals surface area contributed by atoms with E-state index in [1.54, 1.807) is 36.7 Å². The molecule has 7 nitrogen and oxygen atoms in total. The molecule has 0 aliphatic carbocycles. The van der Waals surface area contributed by atoms with Crippen LogP contribution in [0.4, 0.5) is 27.9 Å². The Morgan fingerprint density at radius 1 is 1.10 bits per heavy atom. The van der Waals surface area contributed by atoms with E-state index in [2.05, 4.69) is 32.0 Å². The van der Waals surface area contributed by atoms with Crippen molar-refractivity contribution in [2.45, 2.75) is 25.8 Å². The molecule has 0 fully saturated rings. The molecule has 3 aromatic rings. The van der Waals surface area contributed by atoms with Crippen LogP contribution in [0.1, 0.15) is 24.2 Å². The summed E-state index contributed by atoms with van der Waals surface area (Å²) in [7, 11) is 0. The highest BCUT2D eigenvalue weighted by Crippen LogP contribution is 2.29. The maximum Gasteiger partial charge on any atom is 0.323 e. The number of oxazole rings is 1. The second kappa shape index (κ2) is 9.06. The van der Waals surface area contributed by atoms with Crippen molar-refractivity contribution in [3.8, 4) is 0 Å². The number of amides is 2. The van der Waals surface area contributed by atoms with Gasteiger partial charge in [0.2, 0.25) is 0 Å². The summed E-state index contributed by atoms with van der Waals surface area (Å²) < 4.78 is 5.90. The summed E-state index contributed by atoms with van der Waals surface area (Å²) in [5.41, 5.74) is 3.04. The van der Waals surface area contributed by atoms with Gasteiger partial charge in [0.25, 0.3) is 6.01 Å². The Bertz CT molecular complexity index is 1140. The number of halogens is 1. The number of carbonyl (C=O) groups is 1. The molecule has 1 aliphatic rings. The molecule has 0 radical (unpaired) electrons. The van der Waals surface area contributed by atoms with Gasteiger partial charge in [0.1, 0.15) is 5.76 Å². The van der Waals surface area contributed by atoms with Gasteiger partial charge in [-0.1, -0.05) is 23.7 Å². The fraction of sp³-hybridized carbons (Fsp3) is 0.174. The first kappa shape index (κ1) is 20.7. The van der Waals surface area contributed by atoms with E-state index in [1.807, 2.05) is 38.1 Å². The predicted molar refractivity (Wildman–Crippen MR) is 125 cm³/mol. The second-order valence-corrected chi connectivity index (χ2v) is 7.69. The van der Waals surface area contributed by atoms with E-state index >= 15 is 0 Å². The molecular weight excluding hydrogens is 414 g/mol. The Morgan fingerprint density at radius 3 is 2.61 bits per heavy atom. The number of dihydropyridines is 1. The van der Waals surface area contributed by atoms with Gasteiger partial charge in [-0.15, -0.1) is 0 Å². The Hall–Kier alpha value is -3.58. The summed E-state index contributed by atoms with van der Waals surface area (Å²) in [6.07, 6.45) is 7.47. The minimum Gasteiger partial charge on any atom is -0.428 e. The van der Waals surface area contributed by atoms with Crippen molar-refractivity contribution in [1.82, 2.24) is 4.98 Å². The third kappa shape index (κ3) is 5.13. The van der Waals surface area contributed by atoms with E-state index < -0.39 is 0 Å². The van der Waals surface area contributed by atoms with Crippen molar-refractivity contribution in [3.05, 3.63) is 77.2 Å². The van der Waals surface area contributed by atoms with E-state index in [-0.39, 0.29) is 18.0 Å².